The predicted octanol–water partition coefficient (Wildman–Crippen LogP) is 3.21. The molecule has 0 radical (unpaired) electrons. The van der Waals surface area contributed by atoms with Crippen LogP contribution in [0.3, 0.4) is 0 Å². The maximum atomic E-state index is 12.2. The maximum absolute atomic E-state index is 12.2. The van der Waals surface area contributed by atoms with Crippen LogP contribution in [0.1, 0.15) is 24.5 Å². The van der Waals surface area contributed by atoms with Crippen LogP contribution in [0.4, 0.5) is 0 Å². The molecular weight excluding hydrogens is 324 g/mol. The highest BCUT2D eigenvalue weighted by Crippen LogP contribution is 2.27. The molecule has 126 valence electrons. The largest absolute Gasteiger partial charge is 0.411 e. The van der Waals surface area contributed by atoms with Gasteiger partial charge in [0.25, 0.3) is 5.22 Å². The molecule has 0 spiro atoms. The lowest BCUT2D eigenvalue weighted by atomic mass is 10.1. The Bertz CT molecular complexity index is 746. The first-order valence-electron chi connectivity index (χ1n) is 7.61. The molecule has 0 N–H and O–H groups in total. The minimum absolute atomic E-state index is 0.0681. The van der Waals surface area contributed by atoms with Crippen LogP contribution >= 0.6 is 11.8 Å². The van der Waals surface area contributed by atoms with Crippen LogP contribution in [0.25, 0.3) is 11.5 Å². The SMILES string of the molecule is Cc1cc(C)cc(-c2nnc(S[C@@H](C)C(=O)N(C)CCC#N)o2)c1. The molecule has 0 unspecified atom stereocenters. The molecule has 0 aliphatic carbocycles. The molecule has 1 atom stereocenters. The Labute approximate surface area is 145 Å². The summed E-state index contributed by atoms with van der Waals surface area (Å²) in [4.78, 5) is 13.8. The summed E-state index contributed by atoms with van der Waals surface area (Å²) in [6.45, 7) is 6.23. The van der Waals surface area contributed by atoms with Crippen molar-refractivity contribution >= 4 is 17.7 Å². The number of nitrogens with zero attached hydrogens (tertiary/aromatic N) is 4. The van der Waals surface area contributed by atoms with E-state index in [4.69, 9.17) is 9.68 Å². The highest BCUT2D eigenvalue weighted by atomic mass is 32.2. The number of aryl methyl sites for hydroxylation is 2. The van der Waals surface area contributed by atoms with Crippen LogP contribution in [0.5, 0.6) is 0 Å². The van der Waals surface area contributed by atoms with Gasteiger partial charge >= 0.3 is 0 Å². The van der Waals surface area contributed by atoms with Gasteiger partial charge in [0.05, 0.1) is 17.7 Å². The Morgan fingerprint density at radius 1 is 1.33 bits per heavy atom. The Hall–Kier alpha value is -2.33. The van der Waals surface area contributed by atoms with E-state index in [0.29, 0.717) is 24.1 Å². The maximum Gasteiger partial charge on any atom is 0.277 e. The number of aromatic nitrogens is 2. The van der Waals surface area contributed by atoms with Crippen molar-refractivity contribution in [1.82, 2.24) is 15.1 Å². The van der Waals surface area contributed by atoms with Gasteiger partial charge in [0.2, 0.25) is 11.8 Å². The molecule has 7 heteroatoms. The van der Waals surface area contributed by atoms with Crippen LogP contribution in [0.2, 0.25) is 0 Å². The van der Waals surface area contributed by atoms with Gasteiger partial charge in [0, 0.05) is 19.2 Å². The molecule has 0 fully saturated rings. The summed E-state index contributed by atoms with van der Waals surface area (Å²) < 4.78 is 5.68. The second kappa shape index (κ2) is 7.97. The molecule has 2 aromatic rings. The quantitative estimate of drug-likeness (QED) is 0.748. The number of amides is 1. The van der Waals surface area contributed by atoms with Gasteiger partial charge in [0.1, 0.15) is 0 Å². The van der Waals surface area contributed by atoms with Crippen molar-refractivity contribution in [2.75, 3.05) is 13.6 Å². The number of hydrogen-bond acceptors (Lipinski definition) is 6. The van der Waals surface area contributed by atoms with Crippen LogP contribution in [0.15, 0.2) is 27.8 Å². The van der Waals surface area contributed by atoms with Crippen molar-refractivity contribution in [2.45, 2.75) is 37.7 Å². The zero-order valence-corrected chi connectivity index (χ0v) is 15.1. The number of nitriles is 1. The van der Waals surface area contributed by atoms with Gasteiger partial charge in [-0.05, 0) is 32.9 Å². The molecule has 0 saturated heterocycles. The van der Waals surface area contributed by atoms with E-state index in [0.717, 1.165) is 16.7 Å². The third kappa shape index (κ3) is 4.59. The van der Waals surface area contributed by atoms with Gasteiger partial charge < -0.3 is 9.32 Å². The number of rotatable bonds is 6. The van der Waals surface area contributed by atoms with E-state index >= 15 is 0 Å². The zero-order chi connectivity index (χ0) is 17.7. The van der Waals surface area contributed by atoms with E-state index < -0.39 is 0 Å². The molecule has 2 rings (SSSR count). The van der Waals surface area contributed by atoms with Crippen LogP contribution in [-0.4, -0.2) is 39.8 Å². The smallest absolute Gasteiger partial charge is 0.277 e. The van der Waals surface area contributed by atoms with E-state index in [1.54, 1.807) is 18.9 Å². The van der Waals surface area contributed by atoms with Crippen molar-refractivity contribution in [2.24, 2.45) is 0 Å². The first-order valence-corrected chi connectivity index (χ1v) is 8.49. The summed E-state index contributed by atoms with van der Waals surface area (Å²) in [6.07, 6.45) is 0.317. The highest BCUT2D eigenvalue weighted by Gasteiger charge is 2.21. The standard InChI is InChI=1S/C17H20N4O2S/c1-11-8-12(2)10-14(9-11)15-19-20-17(23-15)24-13(3)16(22)21(4)7-5-6-18/h8-10,13H,5,7H2,1-4H3/t13-/m0/s1. The zero-order valence-electron chi connectivity index (χ0n) is 14.2. The van der Waals surface area contributed by atoms with Crippen molar-refractivity contribution in [3.8, 4) is 17.5 Å². The summed E-state index contributed by atoms with van der Waals surface area (Å²) >= 11 is 1.22. The second-order valence-corrected chi connectivity index (χ2v) is 6.97. The molecule has 1 aromatic carbocycles. The summed E-state index contributed by atoms with van der Waals surface area (Å²) in [5, 5.41) is 16.7. The fourth-order valence-electron chi connectivity index (χ4n) is 2.31. The van der Waals surface area contributed by atoms with Gasteiger partial charge in [-0.3, -0.25) is 4.79 Å². The van der Waals surface area contributed by atoms with Gasteiger partial charge in [0.15, 0.2) is 0 Å². The summed E-state index contributed by atoms with van der Waals surface area (Å²) in [5.41, 5.74) is 3.12. The number of thioether (sulfide) groups is 1. The van der Waals surface area contributed by atoms with Gasteiger partial charge in [-0.15, -0.1) is 10.2 Å². The van der Waals surface area contributed by atoms with E-state index in [9.17, 15) is 4.79 Å². The average Bonchev–Trinajstić information content (AvgIpc) is 2.99. The summed E-state index contributed by atoms with van der Waals surface area (Å²) in [7, 11) is 1.69. The Morgan fingerprint density at radius 2 is 2.00 bits per heavy atom. The van der Waals surface area contributed by atoms with Crippen LogP contribution in [0, 0.1) is 25.2 Å². The van der Waals surface area contributed by atoms with E-state index in [-0.39, 0.29) is 11.2 Å². The Balaban J connectivity index is 2.05. The van der Waals surface area contributed by atoms with Gasteiger partial charge in [-0.1, -0.05) is 29.0 Å². The summed E-state index contributed by atoms with van der Waals surface area (Å²) in [5.74, 6) is 0.378. The minimum Gasteiger partial charge on any atom is -0.411 e. The van der Waals surface area contributed by atoms with Crippen molar-refractivity contribution in [3.63, 3.8) is 0 Å². The lowest BCUT2D eigenvalue weighted by molar-refractivity contribution is -0.128. The molecule has 1 amide bonds. The molecule has 24 heavy (non-hydrogen) atoms. The van der Waals surface area contributed by atoms with Crippen molar-refractivity contribution < 1.29 is 9.21 Å². The number of carbonyl (C=O) groups excluding carboxylic acids is 1. The van der Waals surface area contributed by atoms with E-state index in [1.165, 1.54) is 11.8 Å². The van der Waals surface area contributed by atoms with Gasteiger partial charge in [-0.2, -0.15) is 5.26 Å². The predicted molar refractivity (Wildman–Crippen MR) is 92.4 cm³/mol. The van der Waals surface area contributed by atoms with Crippen molar-refractivity contribution in [3.05, 3.63) is 29.3 Å². The number of benzene rings is 1. The van der Waals surface area contributed by atoms with Crippen molar-refractivity contribution in [1.29, 1.82) is 5.26 Å². The molecular formula is C17H20N4O2S. The Morgan fingerprint density at radius 3 is 2.62 bits per heavy atom. The first kappa shape index (κ1) is 18.0. The number of carbonyl (C=O) groups is 1. The lowest BCUT2D eigenvalue weighted by Gasteiger charge is -2.18. The molecule has 1 aromatic heterocycles. The molecule has 6 nitrogen and oxygen atoms in total. The second-order valence-electron chi connectivity index (χ2n) is 5.68. The summed E-state index contributed by atoms with van der Waals surface area (Å²) in [6, 6.07) is 8.08. The lowest BCUT2D eigenvalue weighted by Crippen LogP contribution is -2.33. The Kier molecular flexibility index (Phi) is 5.99. The van der Waals surface area contributed by atoms with E-state index in [1.807, 2.05) is 32.0 Å². The topological polar surface area (TPSA) is 83.0 Å². The minimum atomic E-state index is -0.360. The fourth-order valence-corrected chi connectivity index (χ4v) is 3.11. The first-order chi connectivity index (χ1) is 11.4. The number of hydrogen-bond donors (Lipinski definition) is 0. The van der Waals surface area contributed by atoms with Crippen LogP contribution < -0.4 is 0 Å². The van der Waals surface area contributed by atoms with E-state index in [2.05, 4.69) is 16.3 Å². The molecule has 0 bridgehead atoms. The third-order valence-electron chi connectivity index (χ3n) is 3.44. The molecule has 0 aliphatic rings. The fraction of sp³-hybridized carbons (Fsp3) is 0.412. The molecule has 0 saturated carbocycles. The van der Waals surface area contributed by atoms with Gasteiger partial charge in [-0.25, -0.2) is 0 Å². The van der Waals surface area contributed by atoms with Crippen LogP contribution in [-0.2, 0) is 4.79 Å². The highest BCUT2D eigenvalue weighted by molar-refractivity contribution is 8.00. The molecule has 0 aliphatic heterocycles. The monoisotopic (exact) mass is 344 g/mol. The third-order valence-corrected chi connectivity index (χ3v) is 4.36. The normalized spacial score (nSPS) is 11.8. The molecule has 1 heterocycles. The average molecular weight is 344 g/mol.